The van der Waals surface area contributed by atoms with Crippen LogP contribution in [0.15, 0.2) is 54.2 Å². The number of hydrogen-bond donors (Lipinski definition) is 2. The molecule has 3 aromatic rings. The topological polar surface area (TPSA) is 88.9 Å². The van der Waals surface area contributed by atoms with E-state index >= 15 is 0 Å². The summed E-state index contributed by atoms with van der Waals surface area (Å²) in [5, 5.41) is 15.3. The van der Waals surface area contributed by atoms with Gasteiger partial charge < -0.3 is 15.2 Å². The first-order valence-electron chi connectivity index (χ1n) is 10.0. The maximum atomic E-state index is 12.6. The predicted molar refractivity (Wildman–Crippen MR) is 134 cm³/mol. The fraction of sp³-hybridized carbons (Fsp3) is 0.217. The second-order valence-corrected chi connectivity index (χ2v) is 9.07. The number of carbonyl (C=O) groups excluding carboxylic acids is 2. The Labute approximate surface area is 206 Å². The summed E-state index contributed by atoms with van der Waals surface area (Å²) in [5.74, 6) is 0.109. The van der Waals surface area contributed by atoms with E-state index in [-0.39, 0.29) is 24.0 Å². The average Bonchev–Trinajstić information content (AvgIpc) is 3.13. The Morgan fingerprint density at radius 3 is 2.55 bits per heavy atom. The van der Waals surface area contributed by atoms with Gasteiger partial charge in [0.1, 0.15) is 5.82 Å². The molecule has 0 radical (unpaired) electrons. The van der Waals surface area contributed by atoms with Crippen LogP contribution in [0.5, 0.6) is 0 Å². The monoisotopic (exact) mass is 503 g/mol. The van der Waals surface area contributed by atoms with Crippen LogP contribution in [0, 0.1) is 13.8 Å². The molecule has 0 aliphatic heterocycles. The average molecular weight is 504 g/mol. The van der Waals surface area contributed by atoms with Crippen molar-refractivity contribution in [2.24, 2.45) is 0 Å². The number of amides is 2. The van der Waals surface area contributed by atoms with E-state index in [1.165, 1.54) is 11.8 Å². The summed E-state index contributed by atoms with van der Waals surface area (Å²) in [4.78, 5) is 24.9. The van der Waals surface area contributed by atoms with Crippen molar-refractivity contribution >= 4 is 58.2 Å². The number of allylic oxidation sites excluding steroid dienone is 1. The molecule has 172 valence electrons. The zero-order valence-corrected chi connectivity index (χ0v) is 20.5. The van der Waals surface area contributed by atoms with E-state index in [0.29, 0.717) is 33.3 Å². The number of aryl methyl sites for hydroxylation is 2. The van der Waals surface area contributed by atoms with E-state index in [1.54, 1.807) is 28.8 Å². The summed E-state index contributed by atoms with van der Waals surface area (Å²) in [6.45, 7) is 8.18. The van der Waals surface area contributed by atoms with Crippen LogP contribution in [0.1, 0.15) is 17.0 Å². The smallest absolute Gasteiger partial charge is 0.234 e. The third kappa shape index (κ3) is 6.83. The maximum absolute atomic E-state index is 12.6. The van der Waals surface area contributed by atoms with Gasteiger partial charge in [0.2, 0.25) is 11.8 Å². The minimum absolute atomic E-state index is 0.0426. The highest BCUT2D eigenvalue weighted by atomic mass is 35.5. The highest BCUT2D eigenvalue weighted by Crippen LogP contribution is 2.26. The van der Waals surface area contributed by atoms with E-state index in [9.17, 15) is 9.59 Å². The van der Waals surface area contributed by atoms with Crippen LogP contribution in [0.2, 0.25) is 10.0 Å². The summed E-state index contributed by atoms with van der Waals surface area (Å²) in [6, 6.07) is 10.6. The lowest BCUT2D eigenvalue weighted by atomic mass is 10.1. The van der Waals surface area contributed by atoms with Gasteiger partial charge in [0.05, 0.1) is 22.9 Å². The Balaban J connectivity index is 1.63. The fourth-order valence-corrected chi connectivity index (χ4v) is 4.17. The molecule has 33 heavy (non-hydrogen) atoms. The number of rotatable bonds is 9. The van der Waals surface area contributed by atoms with Crippen LogP contribution in [0.25, 0.3) is 0 Å². The Morgan fingerprint density at radius 1 is 1.06 bits per heavy atom. The van der Waals surface area contributed by atoms with Crippen LogP contribution in [0.4, 0.5) is 11.4 Å². The molecule has 7 nitrogen and oxygen atoms in total. The third-order valence-corrected chi connectivity index (χ3v) is 6.27. The highest BCUT2D eigenvalue weighted by Gasteiger charge is 2.17. The van der Waals surface area contributed by atoms with Crippen molar-refractivity contribution in [3.05, 3.63) is 76.0 Å². The van der Waals surface area contributed by atoms with Gasteiger partial charge in [-0.2, -0.15) is 0 Å². The van der Waals surface area contributed by atoms with Gasteiger partial charge in [-0.05, 0) is 55.3 Å². The van der Waals surface area contributed by atoms with Crippen molar-refractivity contribution in [1.82, 2.24) is 14.8 Å². The molecule has 2 amide bonds. The number of nitrogens with one attached hydrogen (secondary N) is 2. The summed E-state index contributed by atoms with van der Waals surface area (Å²) in [7, 11) is 0. The van der Waals surface area contributed by atoms with Crippen molar-refractivity contribution in [3.63, 3.8) is 0 Å². The lowest BCUT2D eigenvalue weighted by Gasteiger charge is -2.10. The first-order chi connectivity index (χ1) is 15.8. The third-order valence-electron chi connectivity index (χ3n) is 4.75. The van der Waals surface area contributed by atoms with E-state index < -0.39 is 0 Å². The molecule has 0 bridgehead atoms. The van der Waals surface area contributed by atoms with E-state index in [0.717, 1.165) is 16.8 Å². The van der Waals surface area contributed by atoms with Crippen LogP contribution >= 0.6 is 35.0 Å². The van der Waals surface area contributed by atoms with Crippen LogP contribution in [-0.4, -0.2) is 32.3 Å². The molecule has 0 saturated heterocycles. The van der Waals surface area contributed by atoms with Crippen LogP contribution in [0.3, 0.4) is 0 Å². The number of nitrogens with zero attached hydrogens (tertiary/aromatic N) is 3. The SMILES string of the molecule is C=CCn1c(CC(=O)Nc2ccc(C)c(C)c2)nnc1SCC(=O)Nc1ccc(Cl)cc1Cl. The molecule has 0 unspecified atom stereocenters. The zero-order chi connectivity index (χ0) is 24.0. The minimum atomic E-state index is -0.258. The van der Waals surface area contributed by atoms with Gasteiger partial charge in [-0.3, -0.25) is 9.59 Å². The highest BCUT2D eigenvalue weighted by molar-refractivity contribution is 7.99. The van der Waals surface area contributed by atoms with Gasteiger partial charge >= 0.3 is 0 Å². The number of carbonyl (C=O) groups is 2. The normalized spacial score (nSPS) is 10.7. The van der Waals surface area contributed by atoms with Gasteiger partial charge in [-0.15, -0.1) is 16.8 Å². The lowest BCUT2D eigenvalue weighted by Crippen LogP contribution is -2.18. The van der Waals surface area contributed by atoms with E-state index in [2.05, 4.69) is 27.4 Å². The molecular formula is C23H23Cl2N5O2S. The Hall–Kier alpha value is -2.81. The quantitative estimate of drug-likeness (QED) is 0.305. The zero-order valence-electron chi connectivity index (χ0n) is 18.2. The summed E-state index contributed by atoms with van der Waals surface area (Å²) >= 11 is 13.2. The van der Waals surface area contributed by atoms with Gasteiger partial charge in [-0.1, -0.05) is 47.1 Å². The largest absolute Gasteiger partial charge is 0.326 e. The van der Waals surface area contributed by atoms with Gasteiger partial charge in [-0.25, -0.2) is 0 Å². The Morgan fingerprint density at radius 2 is 1.85 bits per heavy atom. The Kier molecular flexibility index (Phi) is 8.55. The lowest BCUT2D eigenvalue weighted by molar-refractivity contribution is -0.116. The van der Waals surface area contributed by atoms with Crippen LogP contribution in [-0.2, 0) is 22.6 Å². The molecular weight excluding hydrogens is 481 g/mol. The number of hydrogen-bond acceptors (Lipinski definition) is 5. The molecule has 0 spiro atoms. The number of benzene rings is 2. The molecule has 1 aromatic heterocycles. The predicted octanol–water partition coefficient (Wildman–Crippen LogP) is 5.30. The molecule has 0 atom stereocenters. The molecule has 1 heterocycles. The second kappa shape index (κ2) is 11.4. The summed E-state index contributed by atoms with van der Waals surface area (Å²) in [5.41, 5.74) is 3.45. The van der Waals surface area contributed by atoms with E-state index in [1.807, 2.05) is 32.0 Å². The molecule has 0 fully saturated rings. The first-order valence-corrected chi connectivity index (χ1v) is 11.8. The van der Waals surface area contributed by atoms with Crippen molar-refractivity contribution in [2.45, 2.75) is 32.0 Å². The summed E-state index contributed by atoms with van der Waals surface area (Å²) < 4.78 is 1.76. The summed E-state index contributed by atoms with van der Waals surface area (Å²) in [6.07, 6.45) is 1.73. The number of aromatic nitrogens is 3. The first kappa shape index (κ1) is 24.8. The van der Waals surface area contributed by atoms with E-state index in [4.69, 9.17) is 23.2 Å². The molecule has 0 aliphatic rings. The van der Waals surface area contributed by atoms with Gasteiger partial charge in [0.15, 0.2) is 5.16 Å². The van der Waals surface area contributed by atoms with Crippen molar-refractivity contribution in [1.29, 1.82) is 0 Å². The van der Waals surface area contributed by atoms with Crippen molar-refractivity contribution in [2.75, 3.05) is 16.4 Å². The van der Waals surface area contributed by atoms with Crippen molar-refractivity contribution in [3.8, 4) is 0 Å². The van der Waals surface area contributed by atoms with Crippen LogP contribution < -0.4 is 10.6 Å². The molecule has 10 heteroatoms. The second-order valence-electron chi connectivity index (χ2n) is 7.28. The van der Waals surface area contributed by atoms with Gasteiger partial charge in [0, 0.05) is 17.3 Å². The molecule has 3 rings (SSSR count). The Bertz CT molecular complexity index is 1200. The molecule has 0 aliphatic carbocycles. The molecule has 2 aromatic carbocycles. The fourth-order valence-electron chi connectivity index (χ4n) is 2.94. The number of halogens is 2. The van der Waals surface area contributed by atoms with Gasteiger partial charge in [0.25, 0.3) is 0 Å². The maximum Gasteiger partial charge on any atom is 0.234 e. The molecule has 0 saturated carbocycles. The number of anilines is 2. The minimum Gasteiger partial charge on any atom is -0.326 e. The standard InChI is InChI=1S/C23H23Cl2N5O2S/c1-4-9-30-20(12-21(31)26-17-7-5-14(2)15(3)10-17)28-29-23(30)33-13-22(32)27-19-8-6-16(24)11-18(19)25/h4-8,10-11H,1,9,12-13H2,2-3H3,(H,26,31)(H,27,32). The number of thioether (sulfide) groups is 1. The molecule has 2 N–H and O–H groups in total. The van der Waals surface area contributed by atoms with Crippen molar-refractivity contribution < 1.29 is 9.59 Å².